The molecule has 0 N–H and O–H groups in total. The predicted octanol–water partition coefficient (Wildman–Crippen LogP) is 4.10. The monoisotopic (exact) mass is 209 g/mol. The van der Waals surface area contributed by atoms with Gasteiger partial charge < -0.3 is 0 Å². The van der Waals surface area contributed by atoms with Gasteiger partial charge in [0.2, 0.25) is 0 Å². The van der Waals surface area contributed by atoms with Gasteiger partial charge in [0.1, 0.15) is 0 Å². The van der Waals surface area contributed by atoms with Crippen molar-refractivity contribution in [3.63, 3.8) is 0 Å². The lowest BCUT2D eigenvalue weighted by atomic mass is 10.0. The van der Waals surface area contributed by atoms with Gasteiger partial charge in [0.25, 0.3) is 0 Å². The van der Waals surface area contributed by atoms with Gasteiger partial charge in [-0.25, -0.2) is 0 Å². The molecule has 0 heterocycles. The second-order valence-corrected chi connectivity index (χ2v) is 4.31. The molecule has 2 aromatic carbocycles. The Kier molecular flexibility index (Phi) is 3.40. The maximum absolute atomic E-state index is 2.28. The average Bonchev–Trinajstić information content (AvgIpc) is 2.28. The van der Waals surface area contributed by atoms with Crippen molar-refractivity contribution in [2.24, 2.45) is 0 Å². The molecule has 0 nitrogen and oxygen atoms in total. The van der Waals surface area contributed by atoms with Crippen LogP contribution in [0.3, 0.4) is 0 Å². The van der Waals surface area contributed by atoms with E-state index in [4.69, 9.17) is 0 Å². The molecule has 0 bridgehead atoms. The first-order chi connectivity index (χ1) is 7.74. The van der Waals surface area contributed by atoms with Crippen molar-refractivity contribution in [1.82, 2.24) is 0 Å². The molecule has 0 saturated carbocycles. The van der Waals surface area contributed by atoms with Gasteiger partial charge in [-0.2, -0.15) is 0 Å². The molecule has 1 radical (unpaired) electrons. The summed E-state index contributed by atoms with van der Waals surface area (Å²) in [6.45, 7) is 4.25. The molecule has 0 heteroatoms. The van der Waals surface area contributed by atoms with E-state index >= 15 is 0 Å². The summed E-state index contributed by atoms with van der Waals surface area (Å²) >= 11 is 0. The summed E-state index contributed by atoms with van der Waals surface area (Å²) in [5, 5.41) is 0. The molecule has 0 amide bonds. The normalized spacial score (nSPS) is 10.4. The van der Waals surface area contributed by atoms with E-state index in [2.05, 4.69) is 68.8 Å². The maximum atomic E-state index is 2.28. The highest BCUT2D eigenvalue weighted by atomic mass is 14.0. The Morgan fingerprint density at radius 3 is 2.31 bits per heavy atom. The van der Waals surface area contributed by atoms with E-state index in [1.165, 1.54) is 22.3 Å². The quantitative estimate of drug-likeness (QED) is 0.714. The minimum atomic E-state index is 1.00. The molecule has 2 aromatic rings. The summed E-state index contributed by atoms with van der Waals surface area (Å²) in [5.74, 6) is 0. The van der Waals surface area contributed by atoms with E-state index in [1.807, 2.05) is 0 Å². The van der Waals surface area contributed by atoms with Crippen LogP contribution < -0.4 is 0 Å². The lowest BCUT2D eigenvalue weighted by molar-refractivity contribution is 1.16. The fraction of sp³-hybridized carbons (Fsp3) is 0.188. The molecular weight excluding hydrogens is 192 g/mol. The highest BCUT2D eigenvalue weighted by Crippen LogP contribution is 2.11. The second-order valence-electron chi connectivity index (χ2n) is 4.31. The van der Waals surface area contributed by atoms with Gasteiger partial charge in [0, 0.05) is 0 Å². The summed E-state index contributed by atoms with van der Waals surface area (Å²) in [5.41, 5.74) is 5.31. The van der Waals surface area contributed by atoms with Gasteiger partial charge in [-0.1, -0.05) is 59.7 Å². The molecule has 0 fully saturated rings. The van der Waals surface area contributed by atoms with Gasteiger partial charge in [0.05, 0.1) is 0 Å². The van der Waals surface area contributed by atoms with Crippen LogP contribution in [0.2, 0.25) is 0 Å². The highest BCUT2D eigenvalue weighted by Gasteiger charge is 1.96. The van der Waals surface area contributed by atoms with Gasteiger partial charge in [0.15, 0.2) is 0 Å². The molecular formula is C16H17. The fourth-order valence-corrected chi connectivity index (χ4v) is 1.76. The predicted molar refractivity (Wildman–Crippen MR) is 69.5 cm³/mol. The van der Waals surface area contributed by atoms with Crippen LogP contribution >= 0.6 is 0 Å². The Bertz CT molecular complexity index is 452. The first kappa shape index (κ1) is 10.9. The number of benzene rings is 2. The van der Waals surface area contributed by atoms with Crippen LogP contribution in [0.15, 0.2) is 48.5 Å². The van der Waals surface area contributed by atoms with E-state index in [9.17, 15) is 0 Å². The molecule has 0 spiro atoms. The number of hydrogen-bond donors (Lipinski definition) is 0. The van der Waals surface area contributed by atoms with Crippen LogP contribution in [0.25, 0.3) is 0 Å². The van der Waals surface area contributed by atoms with Crippen molar-refractivity contribution >= 4 is 0 Å². The van der Waals surface area contributed by atoms with Crippen LogP contribution in [-0.2, 0) is 6.42 Å². The van der Waals surface area contributed by atoms with Crippen LogP contribution in [-0.4, -0.2) is 0 Å². The van der Waals surface area contributed by atoms with Crippen molar-refractivity contribution in [2.75, 3.05) is 0 Å². The van der Waals surface area contributed by atoms with Crippen molar-refractivity contribution in [1.29, 1.82) is 0 Å². The third-order valence-electron chi connectivity index (χ3n) is 2.74. The molecule has 0 unspecified atom stereocenters. The zero-order chi connectivity index (χ0) is 11.4. The number of rotatable bonds is 3. The molecule has 0 aliphatic carbocycles. The SMILES string of the molecule is Cc1ccc(C[CH]c2cccc(C)c2)cc1. The number of hydrogen-bond acceptors (Lipinski definition) is 0. The van der Waals surface area contributed by atoms with Crippen molar-refractivity contribution in [2.45, 2.75) is 20.3 Å². The molecule has 16 heavy (non-hydrogen) atoms. The summed E-state index contributed by atoms with van der Waals surface area (Å²) < 4.78 is 0. The summed E-state index contributed by atoms with van der Waals surface area (Å²) in [6.07, 6.45) is 3.28. The Labute approximate surface area is 97.9 Å². The Morgan fingerprint density at radius 2 is 1.62 bits per heavy atom. The minimum absolute atomic E-state index is 1.00. The molecule has 0 aliphatic rings. The van der Waals surface area contributed by atoms with Crippen LogP contribution in [0.4, 0.5) is 0 Å². The molecule has 81 valence electrons. The summed E-state index contributed by atoms with van der Waals surface area (Å²) in [4.78, 5) is 0. The fourth-order valence-electron chi connectivity index (χ4n) is 1.76. The van der Waals surface area contributed by atoms with Gasteiger partial charge in [-0.05, 0) is 37.8 Å². The van der Waals surface area contributed by atoms with Gasteiger partial charge >= 0.3 is 0 Å². The maximum Gasteiger partial charge on any atom is -0.00493 e. The van der Waals surface area contributed by atoms with E-state index in [0.29, 0.717) is 0 Å². The van der Waals surface area contributed by atoms with Crippen LogP contribution in [0.1, 0.15) is 22.3 Å². The zero-order valence-corrected chi connectivity index (χ0v) is 9.90. The third kappa shape index (κ3) is 2.96. The topological polar surface area (TPSA) is 0 Å². The first-order valence-corrected chi connectivity index (χ1v) is 5.69. The van der Waals surface area contributed by atoms with Crippen molar-refractivity contribution < 1.29 is 0 Å². The van der Waals surface area contributed by atoms with Crippen molar-refractivity contribution in [3.05, 3.63) is 77.2 Å². The van der Waals surface area contributed by atoms with E-state index < -0.39 is 0 Å². The Balaban J connectivity index is 1.99. The molecule has 0 saturated heterocycles. The number of aryl methyl sites for hydroxylation is 2. The summed E-state index contributed by atoms with van der Waals surface area (Å²) in [6, 6.07) is 17.3. The summed E-state index contributed by atoms with van der Waals surface area (Å²) in [7, 11) is 0. The molecule has 0 aliphatic heterocycles. The van der Waals surface area contributed by atoms with Crippen LogP contribution in [0.5, 0.6) is 0 Å². The smallest absolute Gasteiger partial charge is 0.00493 e. The molecule has 0 aromatic heterocycles. The lowest BCUT2D eigenvalue weighted by Crippen LogP contribution is -1.89. The second kappa shape index (κ2) is 4.98. The van der Waals surface area contributed by atoms with Crippen molar-refractivity contribution in [3.8, 4) is 0 Å². The first-order valence-electron chi connectivity index (χ1n) is 5.69. The van der Waals surface area contributed by atoms with Gasteiger partial charge in [-0.3, -0.25) is 0 Å². The lowest BCUT2D eigenvalue weighted by Gasteiger charge is -2.03. The third-order valence-corrected chi connectivity index (χ3v) is 2.74. The average molecular weight is 209 g/mol. The van der Waals surface area contributed by atoms with E-state index in [-0.39, 0.29) is 0 Å². The van der Waals surface area contributed by atoms with E-state index in [0.717, 1.165) is 6.42 Å². The largest absolute Gasteiger partial charge is 0.0617 e. The van der Waals surface area contributed by atoms with E-state index in [1.54, 1.807) is 0 Å². The van der Waals surface area contributed by atoms with Crippen LogP contribution in [0, 0.1) is 20.3 Å². The zero-order valence-electron chi connectivity index (χ0n) is 9.90. The highest BCUT2D eigenvalue weighted by molar-refractivity contribution is 5.31. The Hall–Kier alpha value is -1.56. The molecule has 2 rings (SSSR count). The van der Waals surface area contributed by atoms with Gasteiger partial charge in [-0.15, -0.1) is 0 Å². The Morgan fingerprint density at radius 1 is 0.875 bits per heavy atom. The molecule has 0 atom stereocenters. The minimum Gasteiger partial charge on any atom is -0.0617 e. The standard InChI is InChI=1S/C16H17/c1-13-6-8-15(9-7-13)10-11-16-5-3-4-14(2)12-16/h3-9,11-12H,10H2,1-2H3.